The molecule has 1 aliphatic carbocycles. The second kappa shape index (κ2) is 7.27. The summed E-state index contributed by atoms with van der Waals surface area (Å²) in [5.74, 6) is 0. The quantitative estimate of drug-likeness (QED) is 0.753. The molecule has 3 N–H and O–H groups in total. The molecule has 0 aliphatic heterocycles. The van der Waals surface area contributed by atoms with Crippen molar-refractivity contribution in [3.05, 3.63) is 52.8 Å². The van der Waals surface area contributed by atoms with Crippen LogP contribution in [-0.4, -0.2) is 33.1 Å². The van der Waals surface area contributed by atoms with Crippen molar-refractivity contribution < 1.29 is 9.90 Å². The summed E-state index contributed by atoms with van der Waals surface area (Å²) in [6, 6.07) is 9.93. The fraction of sp³-hybridized carbons (Fsp3) is 0.474. The molecule has 3 rings (SSSR count). The first-order chi connectivity index (χ1) is 12.0. The molecule has 0 spiro atoms. The number of rotatable bonds is 6. The summed E-state index contributed by atoms with van der Waals surface area (Å²) >= 11 is 0. The van der Waals surface area contributed by atoms with Crippen molar-refractivity contribution in [2.24, 2.45) is 0 Å². The number of nitrogens with one attached hydrogen (secondary N) is 2. The monoisotopic (exact) mass is 342 g/mol. The van der Waals surface area contributed by atoms with E-state index in [-0.39, 0.29) is 6.03 Å². The van der Waals surface area contributed by atoms with E-state index in [4.69, 9.17) is 0 Å². The summed E-state index contributed by atoms with van der Waals surface area (Å²) in [4.78, 5) is 12.0. The zero-order valence-corrected chi connectivity index (χ0v) is 14.9. The van der Waals surface area contributed by atoms with Crippen LogP contribution in [0.5, 0.6) is 0 Å². The Morgan fingerprint density at radius 1 is 1.24 bits per heavy atom. The highest BCUT2D eigenvalue weighted by Crippen LogP contribution is 2.30. The van der Waals surface area contributed by atoms with Gasteiger partial charge in [0.25, 0.3) is 0 Å². The lowest BCUT2D eigenvalue weighted by atomic mass is 9.80. The van der Waals surface area contributed by atoms with Gasteiger partial charge in [0.2, 0.25) is 0 Å². The molecule has 0 unspecified atom stereocenters. The summed E-state index contributed by atoms with van der Waals surface area (Å²) in [5.41, 5.74) is 3.50. The number of aromatic nitrogens is 2. The molecule has 2 amide bonds. The van der Waals surface area contributed by atoms with Crippen LogP contribution in [0.2, 0.25) is 0 Å². The van der Waals surface area contributed by atoms with Crippen LogP contribution in [0.1, 0.15) is 41.8 Å². The topological polar surface area (TPSA) is 79.2 Å². The highest BCUT2D eigenvalue weighted by molar-refractivity contribution is 5.74. The lowest BCUT2D eigenvalue weighted by molar-refractivity contribution is -0.0290. The molecule has 1 aliphatic rings. The summed E-state index contributed by atoms with van der Waals surface area (Å²) in [5, 5.41) is 20.2. The molecular formula is C19H26N4O2. The van der Waals surface area contributed by atoms with Gasteiger partial charge in [0, 0.05) is 24.3 Å². The van der Waals surface area contributed by atoms with Crippen molar-refractivity contribution in [3.63, 3.8) is 0 Å². The minimum atomic E-state index is -0.705. The molecule has 1 aromatic heterocycles. The zero-order valence-electron chi connectivity index (χ0n) is 14.9. The number of amides is 2. The summed E-state index contributed by atoms with van der Waals surface area (Å²) in [7, 11) is 0. The first-order valence-electron chi connectivity index (χ1n) is 8.78. The Balaban J connectivity index is 1.56. The molecule has 0 atom stereocenters. The van der Waals surface area contributed by atoms with E-state index in [1.807, 2.05) is 36.7 Å². The van der Waals surface area contributed by atoms with Gasteiger partial charge in [-0.3, -0.25) is 4.68 Å². The van der Waals surface area contributed by atoms with Crippen LogP contribution >= 0.6 is 0 Å². The third kappa shape index (κ3) is 4.20. The molecule has 0 radical (unpaired) electrons. The lowest BCUT2D eigenvalue weighted by Crippen LogP contribution is -2.50. The summed E-state index contributed by atoms with van der Waals surface area (Å²) < 4.78 is 1.97. The van der Waals surface area contributed by atoms with Gasteiger partial charge in [0.05, 0.1) is 17.8 Å². The minimum Gasteiger partial charge on any atom is -0.388 e. The molecule has 0 bridgehead atoms. The normalized spacial score (nSPS) is 15.5. The fourth-order valence-corrected chi connectivity index (χ4v) is 3.14. The molecule has 6 nitrogen and oxygen atoms in total. The van der Waals surface area contributed by atoms with Crippen molar-refractivity contribution in [3.8, 4) is 0 Å². The standard InChI is InChI=1S/C19H26N4O2/c1-14-17(11-20-18(24)21-13-19(25)9-6-10-19)15(2)23(22-14)12-16-7-4-3-5-8-16/h3-5,7-8,25H,6,9-13H2,1-2H3,(H2,20,21,24). The van der Waals surface area contributed by atoms with Crippen molar-refractivity contribution in [1.29, 1.82) is 0 Å². The molecule has 1 fully saturated rings. The van der Waals surface area contributed by atoms with Crippen LogP contribution < -0.4 is 10.6 Å². The molecule has 0 saturated heterocycles. The fourth-order valence-electron chi connectivity index (χ4n) is 3.14. The first kappa shape index (κ1) is 17.5. The maximum Gasteiger partial charge on any atom is 0.315 e. The number of carbonyl (C=O) groups excluding carboxylic acids is 1. The zero-order chi connectivity index (χ0) is 17.9. The second-order valence-electron chi connectivity index (χ2n) is 6.91. The van der Waals surface area contributed by atoms with E-state index in [2.05, 4.69) is 27.9 Å². The Morgan fingerprint density at radius 2 is 1.96 bits per heavy atom. The van der Waals surface area contributed by atoms with E-state index in [9.17, 15) is 9.90 Å². The molecular weight excluding hydrogens is 316 g/mol. The number of nitrogens with zero attached hydrogens (tertiary/aromatic N) is 2. The molecule has 2 aromatic rings. The van der Waals surface area contributed by atoms with Gasteiger partial charge in [-0.25, -0.2) is 4.79 Å². The SMILES string of the molecule is Cc1nn(Cc2ccccc2)c(C)c1CNC(=O)NCC1(O)CCC1. The average molecular weight is 342 g/mol. The van der Waals surface area contributed by atoms with Gasteiger partial charge in [0.1, 0.15) is 0 Å². The molecule has 25 heavy (non-hydrogen) atoms. The smallest absolute Gasteiger partial charge is 0.315 e. The van der Waals surface area contributed by atoms with Crippen LogP contribution in [0.4, 0.5) is 4.79 Å². The maximum atomic E-state index is 12.0. The van der Waals surface area contributed by atoms with Gasteiger partial charge in [-0.05, 0) is 38.7 Å². The Hall–Kier alpha value is -2.34. The highest BCUT2D eigenvalue weighted by atomic mass is 16.3. The van der Waals surface area contributed by atoms with E-state index >= 15 is 0 Å². The van der Waals surface area contributed by atoms with E-state index in [0.29, 0.717) is 19.6 Å². The Morgan fingerprint density at radius 3 is 2.60 bits per heavy atom. The van der Waals surface area contributed by atoms with Gasteiger partial charge >= 0.3 is 6.03 Å². The Labute approximate surface area is 148 Å². The summed E-state index contributed by atoms with van der Waals surface area (Å²) in [6.45, 7) is 5.43. The van der Waals surface area contributed by atoms with Crippen molar-refractivity contribution in [2.75, 3.05) is 6.54 Å². The average Bonchev–Trinajstić information content (AvgIpc) is 2.84. The minimum absolute atomic E-state index is 0.255. The van der Waals surface area contributed by atoms with Gasteiger partial charge in [-0.1, -0.05) is 30.3 Å². The molecule has 1 heterocycles. The number of urea groups is 1. The Bertz CT molecular complexity index is 735. The van der Waals surface area contributed by atoms with Crippen LogP contribution in [0.25, 0.3) is 0 Å². The molecule has 6 heteroatoms. The summed E-state index contributed by atoms with van der Waals surface area (Å²) in [6.07, 6.45) is 2.55. The Kier molecular flexibility index (Phi) is 5.08. The third-order valence-electron chi connectivity index (χ3n) is 4.99. The van der Waals surface area contributed by atoms with Crippen molar-refractivity contribution in [2.45, 2.75) is 51.8 Å². The van der Waals surface area contributed by atoms with Crippen LogP contribution in [0, 0.1) is 13.8 Å². The van der Waals surface area contributed by atoms with Crippen molar-refractivity contribution >= 4 is 6.03 Å². The number of hydrogen-bond donors (Lipinski definition) is 3. The van der Waals surface area contributed by atoms with E-state index in [1.165, 1.54) is 5.56 Å². The number of carbonyl (C=O) groups is 1. The van der Waals surface area contributed by atoms with E-state index in [0.717, 1.165) is 36.2 Å². The maximum absolute atomic E-state index is 12.0. The number of hydrogen-bond acceptors (Lipinski definition) is 3. The van der Waals surface area contributed by atoms with Gasteiger partial charge < -0.3 is 15.7 Å². The van der Waals surface area contributed by atoms with Crippen LogP contribution in [0.15, 0.2) is 30.3 Å². The number of benzene rings is 1. The van der Waals surface area contributed by atoms with Gasteiger partial charge in [-0.2, -0.15) is 5.10 Å². The predicted molar refractivity (Wildman–Crippen MR) is 96.3 cm³/mol. The van der Waals surface area contributed by atoms with E-state index in [1.54, 1.807) is 0 Å². The number of aliphatic hydroxyl groups is 1. The second-order valence-corrected chi connectivity index (χ2v) is 6.91. The van der Waals surface area contributed by atoms with Crippen LogP contribution in [-0.2, 0) is 13.1 Å². The third-order valence-corrected chi connectivity index (χ3v) is 4.99. The molecule has 1 aromatic carbocycles. The van der Waals surface area contributed by atoms with Gasteiger partial charge in [-0.15, -0.1) is 0 Å². The van der Waals surface area contributed by atoms with E-state index < -0.39 is 5.60 Å². The van der Waals surface area contributed by atoms with Gasteiger partial charge in [0.15, 0.2) is 0 Å². The van der Waals surface area contributed by atoms with Crippen LogP contribution in [0.3, 0.4) is 0 Å². The predicted octanol–water partition coefficient (Wildman–Crippen LogP) is 2.26. The molecule has 134 valence electrons. The molecule has 1 saturated carbocycles. The lowest BCUT2D eigenvalue weighted by Gasteiger charge is -2.36. The first-order valence-corrected chi connectivity index (χ1v) is 8.78. The largest absolute Gasteiger partial charge is 0.388 e. The number of aryl methyl sites for hydroxylation is 1. The van der Waals surface area contributed by atoms with Crippen molar-refractivity contribution in [1.82, 2.24) is 20.4 Å². The highest BCUT2D eigenvalue weighted by Gasteiger charge is 2.34.